The van der Waals surface area contributed by atoms with E-state index in [9.17, 15) is 0 Å². The Hall–Kier alpha value is -1.19. The zero-order valence-corrected chi connectivity index (χ0v) is 7.87. The molecule has 0 saturated heterocycles. The lowest BCUT2D eigenvalue weighted by molar-refractivity contribution is 0.889. The highest BCUT2D eigenvalue weighted by atomic mass is 32.1. The number of pyridine rings is 1. The van der Waals surface area contributed by atoms with Gasteiger partial charge in [0.1, 0.15) is 0 Å². The molecule has 13 heavy (non-hydrogen) atoms. The van der Waals surface area contributed by atoms with Gasteiger partial charge in [-0.2, -0.15) is 0 Å². The summed E-state index contributed by atoms with van der Waals surface area (Å²) in [6.45, 7) is 0. The molecular formula is C10H10N2S. The molecule has 3 heteroatoms. The van der Waals surface area contributed by atoms with Crippen molar-refractivity contribution in [2.24, 2.45) is 5.73 Å². The summed E-state index contributed by atoms with van der Waals surface area (Å²) in [7, 11) is 0. The van der Waals surface area contributed by atoms with Crippen LogP contribution in [0.15, 0.2) is 42.0 Å². The van der Waals surface area contributed by atoms with Crippen molar-refractivity contribution in [2.45, 2.75) is 6.04 Å². The van der Waals surface area contributed by atoms with E-state index in [1.54, 1.807) is 23.7 Å². The molecule has 0 aliphatic rings. The molecule has 0 amide bonds. The first-order valence-corrected chi connectivity index (χ1v) is 4.95. The lowest BCUT2D eigenvalue weighted by Crippen LogP contribution is -2.09. The van der Waals surface area contributed by atoms with Crippen molar-refractivity contribution in [1.29, 1.82) is 0 Å². The van der Waals surface area contributed by atoms with Gasteiger partial charge in [-0.1, -0.05) is 6.07 Å². The quantitative estimate of drug-likeness (QED) is 0.788. The van der Waals surface area contributed by atoms with Crippen LogP contribution < -0.4 is 5.73 Å². The van der Waals surface area contributed by atoms with Gasteiger partial charge in [0.05, 0.1) is 6.04 Å². The van der Waals surface area contributed by atoms with Gasteiger partial charge in [-0.15, -0.1) is 11.3 Å². The SMILES string of the molecule is N[C@H](c1ccncc1)c1cccs1. The highest BCUT2D eigenvalue weighted by Gasteiger charge is 2.08. The topological polar surface area (TPSA) is 38.9 Å². The molecule has 0 saturated carbocycles. The van der Waals surface area contributed by atoms with Crippen LogP contribution in [-0.4, -0.2) is 4.98 Å². The molecule has 2 N–H and O–H groups in total. The normalized spacial score (nSPS) is 12.7. The molecule has 2 heterocycles. The Balaban J connectivity index is 2.29. The molecule has 2 aromatic heterocycles. The third-order valence-corrected chi connectivity index (χ3v) is 2.87. The van der Waals surface area contributed by atoms with E-state index in [1.807, 2.05) is 23.6 Å². The summed E-state index contributed by atoms with van der Waals surface area (Å²) in [5, 5.41) is 2.04. The van der Waals surface area contributed by atoms with Gasteiger partial charge >= 0.3 is 0 Å². The molecule has 2 rings (SSSR count). The van der Waals surface area contributed by atoms with Crippen molar-refractivity contribution in [2.75, 3.05) is 0 Å². The van der Waals surface area contributed by atoms with Crippen LogP contribution in [0.5, 0.6) is 0 Å². The molecular weight excluding hydrogens is 180 g/mol. The average molecular weight is 190 g/mol. The molecule has 0 fully saturated rings. The van der Waals surface area contributed by atoms with Crippen LogP contribution in [0.3, 0.4) is 0 Å². The van der Waals surface area contributed by atoms with E-state index in [0.29, 0.717) is 0 Å². The van der Waals surface area contributed by atoms with E-state index >= 15 is 0 Å². The zero-order valence-electron chi connectivity index (χ0n) is 7.05. The maximum absolute atomic E-state index is 6.04. The number of thiophene rings is 1. The van der Waals surface area contributed by atoms with Crippen LogP contribution in [0.4, 0.5) is 0 Å². The summed E-state index contributed by atoms with van der Waals surface area (Å²) in [5.74, 6) is 0. The fraction of sp³-hybridized carbons (Fsp3) is 0.100. The lowest BCUT2D eigenvalue weighted by Gasteiger charge is -2.08. The average Bonchev–Trinajstić information content (AvgIpc) is 2.71. The first kappa shape index (κ1) is 8.41. The number of nitrogens with two attached hydrogens (primary N) is 1. The molecule has 0 spiro atoms. The van der Waals surface area contributed by atoms with Gasteiger partial charge in [-0.05, 0) is 29.1 Å². The summed E-state index contributed by atoms with van der Waals surface area (Å²) in [6.07, 6.45) is 3.53. The maximum atomic E-state index is 6.04. The fourth-order valence-corrected chi connectivity index (χ4v) is 1.96. The van der Waals surface area contributed by atoms with Gasteiger partial charge in [-0.3, -0.25) is 4.98 Å². The molecule has 2 nitrogen and oxygen atoms in total. The van der Waals surface area contributed by atoms with Crippen LogP contribution in [0.1, 0.15) is 16.5 Å². The number of hydrogen-bond donors (Lipinski definition) is 1. The van der Waals surface area contributed by atoms with Crippen LogP contribution in [0.2, 0.25) is 0 Å². The van der Waals surface area contributed by atoms with Crippen molar-refractivity contribution in [3.05, 3.63) is 52.5 Å². The first-order valence-electron chi connectivity index (χ1n) is 4.07. The Bertz CT molecular complexity index is 356. The van der Waals surface area contributed by atoms with Gasteiger partial charge in [0.2, 0.25) is 0 Å². The van der Waals surface area contributed by atoms with E-state index in [-0.39, 0.29) is 6.04 Å². The van der Waals surface area contributed by atoms with Crippen molar-refractivity contribution in [1.82, 2.24) is 4.98 Å². The summed E-state index contributed by atoms with van der Waals surface area (Å²) in [6, 6.07) is 7.95. The summed E-state index contributed by atoms with van der Waals surface area (Å²) >= 11 is 1.68. The maximum Gasteiger partial charge on any atom is 0.0647 e. The molecule has 0 unspecified atom stereocenters. The van der Waals surface area contributed by atoms with E-state index in [0.717, 1.165) is 5.56 Å². The van der Waals surface area contributed by atoms with Crippen molar-refractivity contribution < 1.29 is 0 Å². The van der Waals surface area contributed by atoms with Crippen molar-refractivity contribution >= 4 is 11.3 Å². The Morgan fingerprint density at radius 2 is 2.00 bits per heavy atom. The standard InChI is InChI=1S/C10H10N2S/c11-10(9-2-1-7-13-9)8-3-5-12-6-4-8/h1-7,10H,11H2/t10-/m1/s1. The zero-order chi connectivity index (χ0) is 9.10. The summed E-state index contributed by atoms with van der Waals surface area (Å²) in [5.41, 5.74) is 7.15. The minimum absolute atomic E-state index is 0.0111. The first-order chi connectivity index (χ1) is 6.38. The highest BCUT2D eigenvalue weighted by molar-refractivity contribution is 7.10. The molecule has 0 aliphatic carbocycles. The summed E-state index contributed by atoms with van der Waals surface area (Å²) in [4.78, 5) is 5.14. The number of rotatable bonds is 2. The molecule has 0 aromatic carbocycles. The summed E-state index contributed by atoms with van der Waals surface area (Å²) < 4.78 is 0. The van der Waals surface area contributed by atoms with E-state index in [1.165, 1.54) is 4.88 Å². The Morgan fingerprint density at radius 1 is 1.23 bits per heavy atom. The van der Waals surface area contributed by atoms with Gasteiger partial charge in [-0.25, -0.2) is 0 Å². The molecule has 0 radical (unpaired) electrons. The lowest BCUT2D eigenvalue weighted by atomic mass is 10.1. The van der Waals surface area contributed by atoms with E-state index in [2.05, 4.69) is 11.1 Å². The smallest absolute Gasteiger partial charge is 0.0647 e. The van der Waals surface area contributed by atoms with Crippen molar-refractivity contribution in [3.63, 3.8) is 0 Å². The Labute approximate surface area is 81.1 Å². The van der Waals surface area contributed by atoms with Crippen LogP contribution in [0, 0.1) is 0 Å². The predicted octanol–water partition coefficient (Wildman–Crippen LogP) is 2.19. The van der Waals surface area contributed by atoms with Crippen LogP contribution >= 0.6 is 11.3 Å². The monoisotopic (exact) mass is 190 g/mol. The van der Waals surface area contributed by atoms with Gasteiger partial charge in [0, 0.05) is 17.3 Å². The second-order valence-electron chi connectivity index (χ2n) is 2.77. The van der Waals surface area contributed by atoms with Gasteiger partial charge < -0.3 is 5.73 Å². The van der Waals surface area contributed by atoms with Gasteiger partial charge in [0.25, 0.3) is 0 Å². The highest BCUT2D eigenvalue weighted by Crippen LogP contribution is 2.22. The molecule has 2 aromatic rings. The second kappa shape index (κ2) is 3.68. The predicted molar refractivity (Wildman–Crippen MR) is 54.6 cm³/mol. The van der Waals surface area contributed by atoms with E-state index in [4.69, 9.17) is 5.73 Å². The molecule has 66 valence electrons. The largest absolute Gasteiger partial charge is 0.320 e. The van der Waals surface area contributed by atoms with Crippen LogP contribution in [0.25, 0.3) is 0 Å². The number of nitrogens with zero attached hydrogens (tertiary/aromatic N) is 1. The Morgan fingerprint density at radius 3 is 2.62 bits per heavy atom. The fourth-order valence-electron chi connectivity index (χ4n) is 1.20. The van der Waals surface area contributed by atoms with Crippen molar-refractivity contribution in [3.8, 4) is 0 Å². The van der Waals surface area contributed by atoms with Crippen LogP contribution in [-0.2, 0) is 0 Å². The number of hydrogen-bond acceptors (Lipinski definition) is 3. The third kappa shape index (κ3) is 1.76. The second-order valence-corrected chi connectivity index (χ2v) is 3.75. The van der Waals surface area contributed by atoms with Gasteiger partial charge in [0.15, 0.2) is 0 Å². The number of aromatic nitrogens is 1. The minimum Gasteiger partial charge on any atom is -0.320 e. The molecule has 0 bridgehead atoms. The molecule has 0 aliphatic heterocycles. The van der Waals surface area contributed by atoms with E-state index < -0.39 is 0 Å². The minimum atomic E-state index is -0.0111. The molecule has 1 atom stereocenters. The third-order valence-electron chi connectivity index (χ3n) is 1.91. The Kier molecular flexibility index (Phi) is 2.38.